The summed E-state index contributed by atoms with van der Waals surface area (Å²) in [5.41, 5.74) is 3.63. The largest absolute Gasteiger partial charge is 0.440 e. The maximum Gasteiger partial charge on any atom is 0.422 e. The molecule has 10 heteroatoms. The van der Waals surface area contributed by atoms with Crippen LogP contribution in [-0.4, -0.2) is 41.1 Å². The molecule has 33 heavy (non-hydrogen) atoms. The molecular weight excluding hydrogens is 437 g/mol. The molecule has 0 unspecified atom stereocenters. The molecule has 1 heterocycles. The maximum absolute atomic E-state index is 12.4. The van der Waals surface area contributed by atoms with Gasteiger partial charge in [-0.15, -0.1) is 0 Å². The van der Waals surface area contributed by atoms with Gasteiger partial charge in [0.1, 0.15) is 5.82 Å². The van der Waals surface area contributed by atoms with Gasteiger partial charge < -0.3 is 15.4 Å². The lowest BCUT2D eigenvalue weighted by Crippen LogP contribution is -2.31. The van der Waals surface area contributed by atoms with Crippen molar-refractivity contribution in [2.24, 2.45) is 0 Å². The monoisotopic (exact) mass is 460 g/mol. The van der Waals surface area contributed by atoms with Crippen molar-refractivity contribution in [1.29, 1.82) is 0 Å². The summed E-state index contributed by atoms with van der Waals surface area (Å²) in [4.78, 5) is 23.7. The molecule has 0 fully saturated rings. The van der Waals surface area contributed by atoms with Crippen LogP contribution < -0.4 is 10.6 Å². The highest BCUT2D eigenvalue weighted by Gasteiger charge is 2.29. The Bertz CT molecular complexity index is 1100. The van der Waals surface area contributed by atoms with Crippen LogP contribution in [0, 0.1) is 6.92 Å². The van der Waals surface area contributed by atoms with Gasteiger partial charge in [0.2, 0.25) is 5.91 Å². The molecule has 2 aromatic carbocycles. The van der Waals surface area contributed by atoms with E-state index in [1.54, 1.807) is 10.7 Å². The number of rotatable bonds is 8. The number of alkyl carbamates (subject to hydrolysis) is 1. The Morgan fingerprint density at radius 1 is 1.06 bits per heavy atom. The zero-order valence-electron chi connectivity index (χ0n) is 17.9. The normalized spacial score (nSPS) is 11.2. The molecule has 0 aliphatic carbocycles. The van der Waals surface area contributed by atoms with E-state index in [2.05, 4.69) is 20.5 Å². The zero-order valence-corrected chi connectivity index (χ0v) is 17.9. The predicted octanol–water partition coefficient (Wildman–Crippen LogP) is 4.52. The number of aromatic nitrogens is 2. The summed E-state index contributed by atoms with van der Waals surface area (Å²) >= 11 is 0. The van der Waals surface area contributed by atoms with Gasteiger partial charge in [-0.3, -0.25) is 4.79 Å². The van der Waals surface area contributed by atoms with Crippen LogP contribution in [0.5, 0.6) is 0 Å². The number of ether oxygens (including phenoxy) is 1. The van der Waals surface area contributed by atoms with Crippen molar-refractivity contribution < 1.29 is 27.5 Å². The van der Waals surface area contributed by atoms with Crippen molar-refractivity contribution in [1.82, 2.24) is 15.1 Å². The molecule has 174 valence electrons. The Labute approximate surface area is 188 Å². The summed E-state index contributed by atoms with van der Waals surface area (Å²) in [6, 6.07) is 19.1. The van der Waals surface area contributed by atoms with Gasteiger partial charge in [0.15, 0.2) is 6.61 Å². The highest BCUT2D eigenvalue weighted by Crippen LogP contribution is 2.25. The molecule has 0 aliphatic heterocycles. The minimum atomic E-state index is -4.61. The zero-order chi connectivity index (χ0) is 23.8. The summed E-state index contributed by atoms with van der Waals surface area (Å²) in [6.45, 7) is 0.517. The Kier molecular flexibility index (Phi) is 7.70. The standard InChI is InChI=1S/C23H23F3N4O3/c1-16-7-5-6-10-18(16)19-13-20(30(29-19)14-17-8-3-2-4-9-17)28-21(31)11-12-27-22(32)33-15-23(24,25)26/h2-10,13H,11-12,14-15H2,1H3,(H,27,32)(H,28,31). The van der Waals surface area contributed by atoms with Crippen LogP contribution in [0.1, 0.15) is 17.5 Å². The summed E-state index contributed by atoms with van der Waals surface area (Å²) in [5.74, 6) is 0.0263. The molecule has 0 radical (unpaired) electrons. The number of aryl methyl sites for hydroxylation is 1. The number of alkyl halides is 3. The summed E-state index contributed by atoms with van der Waals surface area (Å²) in [7, 11) is 0. The van der Waals surface area contributed by atoms with Crippen molar-refractivity contribution in [2.75, 3.05) is 18.5 Å². The van der Waals surface area contributed by atoms with Gasteiger partial charge in [0, 0.05) is 24.6 Å². The van der Waals surface area contributed by atoms with Crippen LogP contribution in [0.15, 0.2) is 60.7 Å². The summed E-state index contributed by atoms with van der Waals surface area (Å²) in [5, 5.41) is 9.53. The number of anilines is 1. The van der Waals surface area contributed by atoms with Gasteiger partial charge in [0.25, 0.3) is 0 Å². The van der Waals surface area contributed by atoms with Crippen LogP contribution in [0.4, 0.5) is 23.8 Å². The minimum Gasteiger partial charge on any atom is -0.440 e. The fraction of sp³-hybridized carbons (Fsp3) is 0.261. The fourth-order valence-corrected chi connectivity index (χ4v) is 3.07. The molecule has 0 saturated heterocycles. The van der Waals surface area contributed by atoms with Crippen LogP contribution in [0.25, 0.3) is 11.3 Å². The van der Waals surface area contributed by atoms with E-state index in [1.807, 2.05) is 61.5 Å². The molecule has 7 nitrogen and oxygen atoms in total. The molecule has 2 amide bonds. The molecule has 2 N–H and O–H groups in total. The van der Waals surface area contributed by atoms with Crippen molar-refractivity contribution in [3.63, 3.8) is 0 Å². The molecule has 0 aliphatic rings. The lowest BCUT2D eigenvalue weighted by atomic mass is 10.1. The Balaban J connectivity index is 1.67. The number of amides is 2. The van der Waals surface area contributed by atoms with E-state index in [-0.39, 0.29) is 13.0 Å². The smallest absolute Gasteiger partial charge is 0.422 e. The highest BCUT2D eigenvalue weighted by molar-refractivity contribution is 5.91. The van der Waals surface area contributed by atoms with Gasteiger partial charge in [-0.2, -0.15) is 18.3 Å². The first-order valence-electron chi connectivity index (χ1n) is 10.2. The Morgan fingerprint density at radius 2 is 1.76 bits per heavy atom. The summed E-state index contributed by atoms with van der Waals surface area (Å²) < 4.78 is 41.9. The number of nitrogens with one attached hydrogen (secondary N) is 2. The van der Waals surface area contributed by atoms with Crippen LogP contribution >= 0.6 is 0 Å². The van der Waals surface area contributed by atoms with Gasteiger partial charge in [-0.1, -0.05) is 54.6 Å². The molecule has 0 bridgehead atoms. The van der Waals surface area contributed by atoms with Crippen molar-refractivity contribution in [3.8, 4) is 11.3 Å². The quantitative estimate of drug-likeness (QED) is 0.518. The summed E-state index contributed by atoms with van der Waals surface area (Å²) in [6.07, 6.45) is -6.01. The molecule has 0 spiro atoms. The molecule has 1 aromatic heterocycles. The second-order valence-corrected chi connectivity index (χ2v) is 7.29. The molecule has 0 atom stereocenters. The predicted molar refractivity (Wildman–Crippen MR) is 117 cm³/mol. The molecule has 3 aromatic rings. The number of benzene rings is 2. The van der Waals surface area contributed by atoms with Crippen molar-refractivity contribution >= 4 is 17.8 Å². The Hall–Kier alpha value is -3.82. The SMILES string of the molecule is Cc1ccccc1-c1cc(NC(=O)CCNC(=O)OCC(F)(F)F)n(Cc2ccccc2)n1. The molecule has 3 rings (SSSR count). The first-order chi connectivity index (χ1) is 15.7. The third-order valence-corrected chi connectivity index (χ3v) is 4.63. The fourth-order valence-electron chi connectivity index (χ4n) is 3.07. The average Bonchev–Trinajstić information content (AvgIpc) is 3.14. The number of carbonyl (C=O) groups is 2. The maximum atomic E-state index is 12.4. The van der Waals surface area contributed by atoms with Gasteiger partial charge in [0.05, 0.1) is 12.2 Å². The minimum absolute atomic E-state index is 0.155. The van der Waals surface area contributed by atoms with Crippen LogP contribution in [-0.2, 0) is 16.1 Å². The number of carbonyl (C=O) groups excluding carboxylic acids is 2. The van der Waals surface area contributed by atoms with E-state index < -0.39 is 24.8 Å². The van der Waals surface area contributed by atoms with E-state index in [0.717, 1.165) is 16.7 Å². The third-order valence-electron chi connectivity index (χ3n) is 4.63. The lowest BCUT2D eigenvalue weighted by Gasteiger charge is -2.10. The van der Waals surface area contributed by atoms with Gasteiger partial charge >= 0.3 is 12.3 Å². The van der Waals surface area contributed by atoms with Crippen molar-refractivity contribution in [2.45, 2.75) is 26.1 Å². The molecular formula is C23H23F3N4O3. The van der Waals surface area contributed by atoms with E-state index in [9.17, 15) is 22.8 Å². The van der Waals surface area contributed by atoms with E-state index in [0.29, 0.717) is 18.1 Å². The number of halogens is 3. The van der Waals surface area contributed by atoms with Crippen LogP contribution in [0.2, 0.25) is 0 Å². The van der Waals surface area contributed by atoms with E-state index in [1.165, 1.54) is 0 Å². The topological polar surface area (TPSA) is 85.3 Å². The number of hydrogen-bond donors (Lipinski definition) is 2. The van der Waals surface area contributed by atoms with Gasteiger partial charge in [-0.25, -0.2) is 9.48 Å². The highest BCUT2D eigenvalue weighted by atomic mass is 19.4. The second kappa shape index (κ2) is 10.7. The third kappa shape index (κ3) is 7.37. The van der Waals surface area contributed by atoms with Crippen LogP contribution in [0.3, 0.4) is 0 Å². The molecule has 0 saturated carbocycles. The number of hydrogen-bond acceptors (Lipinski definition) is 4. The Morgan fingerprint density at radius 3 is 2.45 bits per heavy atom. The van der Waals surface area contributed by atoms with Crippen molar-refractivity contribution in [3.05, 3.63) is 71.8 Å². The lowest BCUT2D eigenvalue weighted by molar-refractivity contribution is -0.160. The number of nitrogens with zero attached hydrogens (tertiary/aromatic N) is 2. The van der Waals surface area contributed by atoms with Gasteiger partial charge in [-0.05, 0) is 18.1 Å². The van der Waals surface area contributed by atoms with E-state index >= 15 is 0 Å². The van der Waals surface area contributed by atoms with E-state index in [4.69, 9.17) is 0 Å². The first-order valence-corrected chi connectivity index (χ1v) is 10.2. The first kappa shape index (κ1) is 23.8. The average molecular weight is 460 g/mol. The second-order valence-electron chi connectivity index (χ2n) is 7.29.